The molecule has 10 heavy (non-hydrogen) atoms. The molecule has 0 atom stereocenters. The Labute approximate surface area is 62.1 Å². The van der Waals surface area contributed by atoms with Crippen LogP contribution in [-0.2, 0) is 0 Å². The Kier molecular flexibility index (Phi) is 2.32. The third-order valence-electron chi connectivity index (χ3n) is 1.45. The Morgan fingerprint density at radius 2 is 2.40 bits per heavy atom. The summed E-state index contributed by atoms with van der Waals surface area (Å²) in [6.07, 6.45) is 9.12. The average Bonchev–Trinajstić information content (AvgIpc) is 2.31. The van der Waals surface area contributed by atoms with Crippen LogP contribution in [0.4, 0.5) is 0 Å². The van der Waals surface area contributed by atoms with Crippen LogP contribution in [0.2, 0.25) is 0 Å². The first-order valence-corrected chi connectivity index (χ1v) is 3.59. The molecular weight excluding hydrogens is 122 g/mol. The predicted octanol–water partition coefficient (Wildman–Crippen LogP) is 2.36. The summed E-state index contributed by atoms with van der Waals surface area (Å²) in [6, 6.07) is 0. The minimum Gasteiger partial charge on any atom is -0.257 e. The molecular formula is C9H12N. The zero-order valence-electron chi connectivity index (χ0n) is 6.46. The van der Waals surface area contributed by atoms with E-state index >= 15 is 0 Å². The molecule has 0 unspecified atom stereocenters. The molecule has 53 valence electrons. The highest BCUT2D eigenvalue weighted by Gasteiger charge is 2.00. The fourth-order valence-corrected chi connectivity index (χ4v) is 0.821. The zero-order chi connectivity index (χ0) is 7.40. The van der Waals surface area contributed by atoms with Crippen LogP contribution >= 0.6 is 0 Å². The van der Waals surface area contributed by atoms with Crippen molar-refractivity contribution in [2.75, 3.05) is 0 Å². The van der Waals surface area contributed by atoms with Gasteiger partial charge < -0.3 is 0 Å². The van der Waals surface area contributed by atoms with Gasteiger partial charge in [-0.05, 0) is 31.1 Å². The highest BCUT2D eigenvalue weighted by Crippen LogP contribution is 2.11. The lowest BCUT2D eigenvalue weighted by Crippen LogP contribution is -1.88. The Hall–Kier alpha value is -0.980. The van der Waals surface area contributed by atoms with E-state index in [1.807, 2.05) is 12.3 Å². The molecule has 0 aromatic rings. The van der Waals surface area contributed by atoms with Gasteiger partial charge in [0.15, 0.2) is 0 Å². The van der Waals surface area contributed by atoms with Crippen LogP contribution in [0.5, 0.6) is 0 Å². The Bertz CT molecular complexity index is 197. The van der Waals surface area contributed by atoms with Gasteiger partial charge in [0.1, 0.15) is 0 Å². The van der Waals surface area contributed by atoms with E-state index in [-0.39, 0.29) is 0 Å². The van der Waals surface area contributed by atoms with Gasteiger partial charge in [-0.15, -0.1) is 0 Å². The van der Waals surface area contributed by atoms with Gasteiger partial charge in [0.2, 0.25) is 0 Å². The van der Waals surface area contributed by atoms with Gasteiger partial charge >= 0.3 is 0 Å². The molecule has 1 aliphatic rings. The van der Waals surface area contributed by atoms with Crippen LogP contribution in [0.25, 0.3) is 0 Å². The molecule has 1 aliphatic heterocycles. The first-order valence-electron chi connectivity index (χ1n) is 3.59. The third kappa shape index (κ3) is 1.50. The number of nitrogens with zero attached hydrogens (tertiary/aromatic N) is 1. The summed E-state index contributed by atoms with van der Waals surface area (Å²) in [4.78, 5) is 0. The molecule has 0 amide bonds. The van der Waals surface area contributed by atoms with E-state index in [2.05, 4.69) is 31.3 Å². The van der Waals surface area contributed by atoms with Crippen LogP contribution in [-0.4, -0.2) is 0 Å². The van der Waals surface area contributed by atoms with Gasteiger partial charge in [-0.2, -0.15) is 0 Å². The SMILES string of the molecule is CCC=CC1=C(C)C=C[N]1. The molecule has 1 heterocycles. The Morgan fingerprint density at radius 3 is 2.90 bits per heavy atom. The molecule has 1 heteroatoms. The number of allylic oxidation sites excluding steroid dienone is 4. The fraction of sp³-hybridized carbons (Fsp3) is 0.333. The summed E-state index contributed by atoms with van der Waals surface area (Å²) in [5, 5.41) is 4.17. The molecule has 0 aromatic heterocycles. The molecule has 1 nitrogen and oxygen atoms in total. The van der Waals surface area contributed by atoms with Gasteiger partial charge in [-0.1, -0.05) is 13.0 Å². The van der Waals surface area contributed by atoms with Gasteiger partial charge in [0.25, 0.3) is 0 Å². The molecule has 0 aromatic carbocycles. The summed E-state index contributed by atoms with van der Waals surface area (Å²) in [6.45, 7) is 4.19. The second kappa shape index (κ2) is 3.25. The van der Waals surface area contributed by atoms with Crippen molar-refractivity contribution in [3.05, 3.63) is 35.7 Å². The summed E-state index contributed by atoms with van der Waals surface area (Å²) in [5.74, 6) is 0. The van der Waals surface area contributed by atoms with Crippen molar-refractivity contribution in [2.24, 2.45) is 0 Å². The standard InChI is InChI=1S/C9H12N/c1-3-4-5-9-8(2)6-7-10-9/h4-7H,3H2,1-2H3. The quantitative estimate of drug-likeness (QED) is 0.550. The molecule has 0 spiro atoms. The van der Waals surface area contributed by atoms with E-state index in [0.717, 1.165) is 12.1 Å². The van der Waals surface area contributed by atoms with Crippen molar-refractivity contribution in [1.29, 1.82) is 0 Å². The molecule has 0 fully saturated rings. The van der Waals surface area contributed by atoms with E-state index in [0.29, 0.717) is 0 Å². The summed E-state index contributed by atoms with van der Waals surface area (Å²) >= 11 is 0. The van der Waals surface area contributed by atoms with Crippen LogP contribution in [0, 0.1) is 0 Å². The molecule has 0 bridgehead atoms. The van der Waals surface area contributed by atoms with Crippen molar-refractivity contribution >= 4 is 0 Å². The summed E-state index contributed by atoms with van der Waals surface area (Å²) in [5.41, 5.74) is 2.35. The topological polar surface area (TPSA) is 14.1 Å². The highest BCUT2D eigenvalue weighted by molar-refractivity contribution is 5.36. The van der Waals surface area contributed by atoms with Gasteiger partial charge in [0, 0.05) is 6.20 Å². The van der Waals surface area contributed by atoms with Crippen LogP contribution in [0.3, 0.4) is 0 Å². The van der Waals surface area contributed by atoms with Crippen molar-refractivity contribution < 1.29 is 0 Å². The van der Waals surface area contributed by atoms with Crippen molar-refractivity contribution in [1.82, 2.24) is 5.32 Å². The lowest BCUT2D eigenvalue weighted by molar-refractivity contribution is 1.10. The van der Waals surface area contributed by atoms with Gasteiger partial charge in [-0.25, -0.2) is 0 Å². The second-order valence-electron chi connectivity index (χ2n) is 2.32. The van der Waals surface area contributed by atoms with E-state index in [1.54, 1.807) is 0 Å². The van der Waals surface area contributed by atoms with Gasteiger partial charge in [0.05, 0.1) is 5.70 Å². The largest absolute Gasteiger partial charge is 0.257 e. The van der Waals surface area contributed by atoms with Crippen LogP contribution < -0.4 is 5.32 Å². The molecule has 1 rings (SSSR count). The minimum absolute atomic E-state index is 1.08. The lowest BCUT2D eigenvalue weighted by atomic mass is 10.2. The molecule has 0 N–H and O–H groups in total. The second-order valence-corrected chi connectivity index (χ2v) is 2.32. The van der Waals surface area contributed by atoms with Crippen molar-refractivity contribution in [3.8, 4) is 0 Å². The van der Waals surface area contributed by atoms with Gasteiger partial charge in [-0.3, -0.25) is 5.32 Å². The van der Waals surface area contributed by atoms with E-state index in [9.17, 15) is 0 Å². The monoisotopic (exact) mass is 134 g/mol. The smallest absolute Gasteiger partial charge is 0.0656 e. The van der Waals surface area contributed by atoms with E-state index < -0.39 is 0 Å². The Balaban J connectivity index is 2.59. The first kappa shape index (κ1) is 7.13. The highest BCUT2D eigenvalue weighted by atomic mass is 14.9. The maximum atomic E-state index is 4.17. The predicted molar refractivity (Wildman–Crippen MR) is 43.4 cm³/mol. The number of hydrogen-bond donors (Lipinski definition) is 0. The zero-order valence-corrected chi connectivity index (χ0v) is 6.46. The number of rotatable bonds is 2. The molecule has 1 radical (unpaired) electrons. The average molecular weight is 134 g/mol. The Morgan fingerprint density at radius 1 is 1.60 bits per heavy atom. The maximum absolute atomic E-state index is 4.17. The third-order valence-corrected chi connectivity index (χ3v) is 1.45. The molecule has 0 saturated heterocycles. The fourth-order valence-electron chi connectivity index (χ4n) is 0.821. The minimum atomic E-state index is 1.08. The molecule has 0 saturated carbocycles. The van der Waals surface area contributed by atoms with Crippen LogP contribution in [0.1, 0.15) is 20.3 Å². The van der Waals surface area contributed by atoms with E-state index in [1.165, 1.54) is 5.57 Å². The summed E-state index contributed by atoms with van der Waals surface area (Å²) in [7, 11) is 0. The van der Waals surface area contributed by atoms with Crippen molar-refractivity contribution in [2.45, 2.75) is 20.3 Å². The number of hydrogen-bond acceptors (Lipinski definition) is 0. The summed E-state index contributed by atoms with van der Waals surface area (Å²) < 4.78 is 0. The van der Waals surface area contributed by atoms with Crippen molar-refractivity contribution in [3.63, 3.8) is 0 Å². The normalized spacial score (nSPS) is 17.0. The van der Waals surface area contributed by atoms with E-state index in [4.69, 9.17) is 0 Å². The lowest BCUT2D eigenvalue weighted by Gasteiger charge is -1.92. The molecule has 0 aliphatic carbocycles. The first-order chi connectivity index (χ1) is 4.84. The van der Waals surface area contributed by atoms with Crippen LogP contribution in [0.15, 0.2) is 35.7 Å². The maximum Gasteiger partial charge on any atom is 0.0656 e.